The molecule has 0 spiro atoms. The molecule has 3 aliphatic heterocycles. The van der Waals surface area contributed by atoms with E-state index in [1.165, 1.54) is 4.90 Å². The van der Waals surface area contributed by atoms with Crippen LogP contribution in [0.5, 0.6) is 0 Å². The number of likely N-dealkylation sites (N-methyl/N-ethyl adjacent to an activating group) is 1. The van der Waals surface area contributed by atoms with E-state index in [1.807, 2.05) is 47.7 Å². The van der Waals surface area contributed by atoms with Crippen LogP contribution >= 0.6 is 11.3 Å². The second kappa shape index (κ2) is 10.1. The molecule has 5 heterocycles. The highest BCUT2D eigenvalue weighted by atomic mass is 32.1. The number of carbonyl (C=O) groups is 3. The van der Waals surface area contributed by atoms with E-state index in [0.717, 1.165) is 30.7 Å². The van der Waals surface area contributed by atoms with Gasteiger partial charge in [0.05, 0.1) is 11.7 Å². The molecule has 2 aromatic heterocycles. The lowest BCUT2D eigenvalue weighted by Gasteiger charge is -2.42. The molecule has 4 amide bonds. The Labute approximate surface area is 210 Å². The van der Waals surface area contributed by atoms with Crippen molar-refractivity contribution in [1.29, 1.82) is 0 Å². The second-order valence-corrected chi connectivity index (χ2v) is 10.9. The minimum absolute atomic E-state index is 0.0504. The fourth-order valence-electron chi connectivity index (χ4n) is 5.86. The summed E-state index contributed by atoms with van der Waals surface area (Å²) in [5.74, 6) is -0.167. The van der Waals surface area contributed by atoms with Crippen molar-refractivity contribution in [3.05, 3.63) is 52.5 Å². The molecule has 0 aliphatic carbocycles. The van der Waals surface area contributed by atoms with Gasteiger partial charge in [0.25, 0.3) is 5.91 Å². The number of carbonyl (C=O) groups excluding carboxylic acids is 3. The van der Waals surface area contributed by atoms with Crippen LogP contribution in [0, 0.1) is 5.92 Å². The van der Waals surface area contributed by atoms with Gasteiger partial charge in [0.15, 0.2) is 5.54 Å². The largest absolute Gasteiger partial charge is 0.341 e. The molecular formula is C26H33N5O3S. The van der Waals surface area contributed by atoms with Crippen LogP contribution < -0.4 is 5.32 Å². The predicted molar refractivity (Wildman–Crippen MR) is 134 cm³/mol. The summed E-state index contributed by atoms with van der Waals surface area (Å²) < 4.78 is 0. The molecule has 2 aromatic rings. The number of rotatable bonds is 6. The van der Waals surface area contributed by atoms with Gasteiger partial charge in [-0.25, -0.2) is 4.79 Å². The van der Waals surface area contributed by atoms with Gasteiger partial charge in [-0.05, 0) is 69.3 Å². The first kappa shape index (κ1) is 23.9. The third kappa shape index (κ3) is 4.47. The molecule has 0 radical (unpaired) electrons. The molecule has 8 nitrogen and oxygen atoms in total. The number of urea groups is 1. The van der Waals surface area contributed by atoms with Crippen LogP contribution in [0.1, 0.15) is 42.7 Å². The molecule has 2 atom stereocenters. The number of nitrogens with one attached hydrogen (secondary N) is 1. The average Bonchev–Trinajstić information content (AvgIpc) is 3.50. The Kier molecular flexibility index (Phi) is 6.88. The van der Waals surface area contributed by atoms with E-state index in [4.69, 9.17) is 0 Å². The molecule has 5 rings (SSSR count). The zero-order valence-corrected chi connectivity index (χ0v) is 21.0. The second-order valence-electron chi connectivity index (χ2n) is 9.83. The highest BCUT2D eigenvalue weighted by molar-refractivity contribution is 7.09. The molecule has 35 heavy (non-hydrogen) atoms. The zero-order chi connectivity index (χ0) is 24.4. The lowest BCUT2D eigenvalue weighted by molar-refractivity contribution is -0.140. The van der Waals surface area contributed by atoms with Gasteiger partial charge >= 0.3 is 6.03 Å². The fourth-order valence-corrected chi connectivity index (χ4v) is 6.56. The summed E-state index contributed by atoms with van der Waals surface area (Å²) in [6, 6.07) is 9.08. The van der Waals surface area contributed by atoms with Crippen LogP contribution in [0.4, 0.5) is 4.79 Å². The maximum atomic E-state index is 13.9. The van der Waals surface area contributed by atoms with E-state index < -0.39 is 5.54 Å². The third-order valence-electron chi connectivity index (χ3n) is 7.84. The van der Waals surface area contributed by atoms with Crippen LogP contribution in [0.3, 0.4) is 0 Å². The first-order valence-corrected chi connectivity index (χ1v) is 13.5. The number of aromatic nitrogens is 1. The highest BCUT2D eigenvalue weighted by Crippen LogP contribution is 2.41. The van der Waals surface area contributed by atoms with Crippen LogP contribution in [0.2, 0.25) is 0 Å². The third-order valence-corrected chi connectivity index (χ3v) is 8.77. The number of thiophene rings is 1. The zero-order valence-electron chi connectivity index (χ0n) is 20.2. The van der Waals surface area contributed by atoms with Gasteiger partial charge in [0.1, 0.15) is 0 Å². The molecule has 0 unspecified atom stereocenters. The van der Waals surface area contributed by atoms with Crippen molar-refractivity contribution in [3.8, 4) is 0 Å². The van der Waals surface area contributed by atoms with E-state index in [1.54, 1.807) is 17.5 Å². The minimum Gasteiger partial charge on any atom is -0.341 e. The van der Waals surface area contributed by atoms with Crippen molar-refractivity contribution in [3.63, 3.8) is 0 Å². The van der Waals surface area contributed by atoms with Crippen molar-refractivity contribution in [2.45, 2.75) is 50.1 Å². The molecule has 3 saturated heterocycles. The molecule has 0 bridgehead atoms. The summed E-state index contributed by atoms with van der Waals surface area (Å²) in [6.45, 7) is 2.46. The predicted octanol–water partition coefficient (Wildman–Crippen LogP) is 2.86. The Balaban J connectivity index is 1.34. The SMILES string of the molecule is CN1CCCC[C@@H]1C(=O)N1CCC([C@]2(c3ccccn3)NC(=O)N(CCc3cccs3)C2=O)CC1. The van der Waals surface area contributed by atoms with Gasteiger partial charge in [-0.3, -0.25) is 24.4 Å². The number of pyridine rings is 1. The number of hydrogen-bond acceptors (Lipinski definition) is 6. The number of imide groups is 1. The van der Waals surface area contributed by atoms with Crippen molar-refractivity contribution >= 4 is 29.2 Å². The Hall–Kier alpha value is -2.78. The molecular weight excluding hydrogens is 462 g/mol. The lowest BCUT2D eigenvalue weighted by Crippen LogP contribution is -2.56. The Morgan fingerprint density at radius 2 is 1.94 bits per heavy atom. The molecule has 3 aliphatic rings. The first-order valence-electron chi connectivity index (χ1n) is 12.6. The molecule has 0 aromatic carbocycles. The Bertz CT molecular complexity index is 1050. The standard InChI is InChI=1S/C26H33N5O3S/c1-29-14-5-3-8-21(29)23(32)30-15-10-19(11-16-30)26(22-9-2-4-13-27-22)24(33)31(25(34)28-26)17-12-20-7-6-18-35-20/h2,4,6-7,9,13,18-19,21H,3,5,8,10-12,14-17H2,1H3,(H,28,34)/t21-,26-/m1/s1. The van der Waals surface area contributed by atoms with Gasteiger partial charge in [-0.15, -0.1) is 11.3 Å². The van der Waals surface area contributed by atoms with Crippen molar-refractivity contribution in [2.24, 2.45) is 5.92 Å². The summed E-state index contributed by atoms with van der Waals surface area (Å²) in [5.41, 5.74) is -0.612. The smallest absolute Gasteiger partial charge is 0.325 e. The minimum atomic E-state index is -1.19. The summed E-state index contributed by atoms with van der Waals surface area (Å²) in [4.78, 5) is 51.4. The molecule has 9 heteroatoms. The molecule has 0 saturated carbocycles. The normalized spacial score (nSPS) is 26.3. The maximum absolute atomic E-state index is 13.9. The summed E-state index contributed by atoms with van der Waals surface area (Å²) in [5, 5.41) is 5.06. The Morgan fingerprint density at radius 1 is 1.11 bits per heavy atom. The summed E-state index contributed by atoms with van der Waals surface area (Å²) >= 11 is 1.62. The van der Waals surface area contributed by atoms with E-state index in [-0.39, 0.29) is 29.8 Å². The van der Waals surface area contributed by atoms with E-state index in [9.17, 15) is 14.4 Å². The van der Waals surface area contributed by atoms with Gasteiger partial charge in [-0.2, -0.15) is 0 Å². The van der Waals surface area contributed by atoms with Crippen molar-refractivity contribution < 1.29 is 14.4 Å². The highest BCUT2D eigenvalue weighted by Gasteiger charge is 2.58. The van der Waals surface area contributed by atoms with Crippen LogP contribution in [-0.4, -0.2) is 76.8 Å². The van der Waals surface area contributed by atoms with Gasteiger partial charge in [0, 0.05) is 36.6 Å². The van der Waals surface area contributed by atoms with Gasteiger partial charge in [-0.1, -0.05) is 18.6 Å². The van der Waals surface area contributed by atoms with Gasteiger partial charge < -0.3 is 10.2 Å². The average molecular weight is 496 g/mol. The van der Waals surface area contributed by atoms with Crippen LogP contribution in [0.25, 0.3) is 0 Å². The number of hydrogen-bond donors (Lipinski definition) is 1. The van der Waals surface area contributed by atoms with Crippen molar-refractivity contribution in [1.82, 2.24) is 25.0 Å². The van der Waals surface area contributed by atoms with E-state index in [2.05, 4.69) is 15.2 Å². The van der Waals surface area contributed by atoms with E-state index >= 15 is 0 Å². The van der Waals surface area contributed by atoms with E-state index in [0.29, 0.717) is 44.6 Å². The number of nitrogens with zero attached hydrogens (tertiary/aromatic N) is 4. The molecule has 3 fully saturated rings. The fraction of sp³-hybridized carbons (Fsp3) is 0.538. The van der Waals surface area contributed by atoms with Crippen LogP contribution in [0.15, 0.2) is 41.9 Å². The van der Waals surface area contributed by atoms with Crippen molar-refractivity contribution in [2.75, 3.05) is 33.2 Å². The monoisotopic (exact) mass is 495 g/mol. The number of piperidine rings is 2. The summed E-state index contributed by atoms with van der Waals surface area (Å²) in [7, 11) is 2.03. The molecule has 186 valence electrons. The summed E-state index contributed by atoms with van der Waals surface area (Å²) in [6.07, 6.45) is 6.72. The van der Waals surface area contributed by atoms with Gasteiger partial charge in [0.2, 0.25) is 5.91 Å². The maximum Gasteiger partial charge on any atom is 0.325 e. The molecule has 1 N–H and O–H groups in total. The number of amides is 4. The van der Waals surface area contributed by atoms with Crippen LogP contribution in [-0.2, 0) is 21.5 Å². The Morgan fingerprint density at radius 3 is 2.63 bits per heavy atom. The first-order chi connectivity index (χ1) is 17.0. The lowest BCUT2D eigenvalue weighted by atomic mass is 9.75. The number of likely N-dealkylation sites (tertiary alicyclic amines) is 2. The quantitative estimate of drug-likeness (QED) is 0.623. The topological polar surface area (TPSA) is 85.8 Å².